The lowest BCUT2D eigenvalue weighted by Crippen LogP contribution is -2.46. The third-order valence-electron chi connectivity index (χ3n) is 1.85. The minimum atomic E-state index is -4.40. The summed E-state index contributed by atoms with van der Waals surface area (Å²) in [6.07, 6.45) is -2.39. The van der Waals surface area contributed by atoms with Crippen molar-refractivity contribution < 1.29 is 27.9 Å². The average Bonchev–Trinajstić information content (AvgIpc) is 2.21. The van der Waals surface area contributed by atoms with Gasteiger partial charge in [-0.25, -0.2) is 4.79 Å². The highest BCUT2D eigenvalue weighted by Gasteiger charge is 2.27. The Hall–Kier alpha value is -0.960. The molecule has 0 aromatic carbocycles. The van der Waals surface area contributed by atoms with Crippen LogP contribution in [0.3, 0.4) is 0 Å². The summed E-state index contributed by atoms with van der Waals surface area (Å²) in [6, 6.07) is -1.07. The number of hydrogen-bond donors (Lipinski definition) is 3. The van der Waals surface area contributed by atoms with Gasteiger partial charge in [0, 0.05) is 0 Å². The number of halogens is 3. The van der Waals surface area contributed by atoms with Crippen LogP contribution >= 0.6 is 11.8 Å². The molecule has 18 heavy (non-hydrogen) atoms. The molecule has 0 heterocycles. The third kappa shape index (κ3) is 9.11. The Morgan fingerprint density at radius 1 is 1.39 bits per heavy atom. The Kier molecular flexibility index (Phi) is 7.76. The number of hydrogen-bond acceptors (Lipinski definition) is 4. The lowest BCUT2D eigenvalue weighted by atomic mass is 10.2. The predicted molar refractivity (Wildman–Crippen MR) is 61.5 cm³/mol. The van der Waals surface area contributed by atoms with Crippen molar-refractivity contribution in [2.75, 3.05) is 25.1 Å². The molecular weight excluding hydrogens is 273 g/mol. The minimum absolute atomic E-state index is 0.224. The van der Waals surface area contributed by atoms with Crippen molar-refractivity contribution in [1.29, 1.82) is 0 Å². The highest BCUT2D eigenvalue weighted by molar-refractivity contribution is 7.98. The number of amides is 1. The molecule has 9 heteroatoms. The van der Waals surface area contributed by atoms with E-state index in [9.17, 15) is 22.8 Å². The van der Waals surface area contributed by atoms with Crippen LogP contribution in [0.15, 0.2) is 0 Å². The Morgan fingerprint density at radius 2 is 2.00 bits per heavy atom. The van der Waals surface area contributed by atoms with Gasteiger partial charge in [0.05, 0.1) is 13.1 Å². The number of carboxylic acid groups (broad SMARTS) is 1. The lowest BCUT2D eigenvalue weighted by Gasteiger charge is -2.14. The molecule has 0 rings (SSSR count). The maximum Gasteiger partial charge on any atom is 0.401 e. The van der Waals surface area contributed by atoms with Gasteiger partial charge in [0.1, 0.15) is 6.04 Å². The average molecular weight is 288 g/mol. The molecule has 1 amide bonds. The smallest absolute Gasteiger partial charge is 0.401 e. The molecule has 0 saturated carbocycles. The van der Waals surface area contributed by atoms with Crippen LogP contribution in [0.1, 0.15) is 6.42 Å². The third-order valence-corrected chi connectivity index (χ3v) is 2.50. The van der Waals surface area contributed by atoms with Gasteiger partial charge in [-0.05, 0) is 18.4 Å². The van der Waals surface area contributed by atoms with E-state index in [0.29, 0.717) is 5.75 Å². The SMILES string of the molecule is CSCCC(NC(=O)CNCC(F)(F)F)C(=O)O. The fourth-order valence-corrected chi connectivity index (χ4v) is 1.53. The number of rotatable bonds is 8. The van der Waals surface area contributed by atoms with E-state index >= 15 is 0 Å². The molecule has 0 fully saturated rings. The quantitative estimate of drug-likeness (QED) is 0.605. The summed E-state index contributed by atoms with van der Waals surface area (Å²) in [6.45, 7) is -1.86. The van der Waals surface area contributed by atoms with Crippen molar-refractivity contribution in [1.82, 2.24) is 10.6 Å². The Labute approximate surface area is 106 Å². The highest BCUT2D eigenvalue weighted by atomic mass is 32.2. The van der Waals surface area contributed by atoms with Crippen LogP contribution in [-0.4, -0.2) is 54.3 Å². The van der Waals surface area contributed by atoms with Gasteiger partial charge in [0.25, 0.3) is 0 Å². The van der Waals surface area contributed by atoms with Crippen LogP contribution in [0.5, 0.6) is 0 Å². The highest BCUT2D eigenvalue weighted by Crippen LogP contribution is 2.11. The van der Waals surface area contributed by atoms with Crippen LogP contribution in [0.2, 0.25) is 0 Å². The Morgan fingerprint density at radius 3 is 2.44 bits per heavy atom. The van der Waals surface area contributed by atoms with E-state index < -0.39 is 37.2 Å². The first-order valence-corrected chi connectivity index (χ1v) is 6.44. The molecule has 0 spiro atoms. The molecule has 1 unspecified atom stereocenters. The van der Waals surface area contributed by atoms with E-state index in [-0.39, 0.29) is 6.42 Å². The second-order valence-corrected chi connectivity index (χ2v) is 4.44. The maximum atomic E-state index is 11.8. The van der Waals surface area contributed by atoms with Crippen molar-refractivity contribution in [3.05, 3.63) is 0 Å². The molecule has 3 N–H and O–H groups in total. The molecule has 0 aliphatic carbocycles. The van der Waals surface area contributed by atoms with Gasteiger partial charge in [0.2, 0.25) is 5.91 Å². The van der Waals surface area contributed by atoms with Crippen molar-refractivity contribution in [2.24, 2.45) is 0 Å². The van der Waals surface area contributed by atoms with Crippen molar-refractivity contribution >= 4 is 23.6 Å². The monoisotopic (exact) mass is 288 g/mol. The summed E-state index contributed by atoms with van der Waals surface area (Å²) in [5.74, 6) is -1.44. The zero-order valence-corrected chi connectivity index (χ0v) is 10.5. The second kappa shape index (κ2) is 8.20. The molecule has 0 aliphatic heterocycles. The molecule has 5 nitrogen and oxygen atoms in total. The normalized spacial score (nSPS) is 13.1. The number of alkyl halides is 3. The molecule has 0 aromatic rings. The first kappa shape index (κ1) is 17.0. The molecule has 0 saturated heterocycles. The van der Waals surface area contributed by atoms with Crippen LogP contribution in [0.25, 0.3) is 0 Å². The van der Waals surface area contributed by atoms with Gasteiger partial charge in [-0.2, -0.15) is 24.9 Å². The zero-order valence-electron chi connectivity index (χ0n) is 9.71. The van der Waals surface area contributed by atoms with Gasteiger partial charge in [-0.3, -0.25) is 4.79 Å². The molecule has 0 bridgehead atoms. The van der Waals surface area contributed by atoms with Gasteiger partial charge < -0.3 is 15.7 Å². The number of carboxylic acids is 1. The summed E-state index contributed by atoms with van der Waals surface area (Å²) in [7, 11) is 0. The summed E-state index contributed by atoms with van der Waals surface area (Å²) in [5.41, 5.74) is 0. The number of carbonyl (C=O) groups excluding carboxylic acids is 1. The summed E-state index contributed by atoms with van der Waals surface area (Å²) >= 11 is 1.42. The summed E-state index contributed by atoms with van der Waals surface area (Å²) < 4.78 is 35.3. The molecule has 0 radical (unpaired) electrons. The molecule has 0 aliphatic rings. The molecule has 0 aromatic heterocycles. The van der Waals surface area contributed by atoms with Crippen LogP contribution < -0.4 is 10.6 Å². The molecule has 106 valence electrons. The topological polar surface area (TPSA) is 78.4 Å². The maximum absolute atomic E-state index is 11.8. The van der Waals surface area contributed by atoms with Crippen LogP contribution in [0, 0.1) is 0 Å². The van der Waals surface area contributed by atoms with E-state index in [2.05, 4.69) is 5.32 Å². The fourth-order valence-electron chi connectivity index (χ4n) is 1.06. The van der Waals surface area contributed by atoms with Crippen molar-refractivity contribution in [3.63, 3.8) is 0 Å². The number of nitrogens with one attached hydrogen (secondary N) is 2. The van der Waals surface area contributed by atoms with E-state index in [1.165, 1.54) is 11.8 Å². The molecule has 1 atom stereocenters. The zero-order chi connectivity index (χ0) is 14.2. The number of aliphatic carboxylic acids is 1. The Bertz CT molecular complexity index is 287. The largest absolute Gasteiger partial charge is 0.480 e. The van der Waals surface area contributed by atoms with Gasteiger partial charge in [-0.1, -0.05) is 0 Å². The standard InChI is InChI=1S/C9H15F3N2O3S/c1-18-3-2-6(8(16)17)14-7(15)4-13-5-9(10,11)12/h6,13H,2-5H2,1H3,(H,14,15)(H,16,17). The van der Waals surface area contributed by atoms with E-state index in [1.54, 1.807) is 6.26 Å². The Balaban J connectivity index is 3.99. The first-order chi connectivity index (χ1) is 8.26. The van der Waals surface area contributed by atoms with Crippen LogP contribution in [0.4, 0.5) is 13.2 Å². The fraction of sp³-hybridized carbons (Fsp3) is 0.778. The first-order valence-electron chi connectivity index (χ1n) is 5.05. The van der Waals surface area contributed by atoms with Gasteiger partial charge >= 0.3 is 12.1 Å². The predicted octanol–water partition coefficient (Wildman–Crippen LogP) is 0.461. The number of carbonyl (C=O) groups is 2. The minimum Gasteiger partial charge on any atom is -0.480 e. The lowest BCUT2D eigenvalue weighted by molar-refractivity contribution is -0.142. The van der Waals surface area contributed by atoms with Crippen molar-refractivity contribution in [2.45, 2.75) is 18.6 Å². The second-order valence-electron chi connectivity index (χ2n) is 3.46. The van der Waals surface area contributed by atoms with E-state index in [0.717, 1.165) is 0 Å². The van der Waals surface area contributed by atoms with Gasteiger partial charge in [-0.15, -0.1) is 0 Å². The van der Waals surface area contributed by atoms with E-state index in [1.807, 2.05) is 5.32 Å². The molecular formula is C9H15F3N2O3S. The van der Waals surface area contributed by atoms with Gasteiger partial charge in [0.15, 0.2) is 0 Å². The van der Waals surface area contributed by atoms with Crippen molar-refractivity contribution in [3.8, 4) is 0 Å². The summed E-state index contributed by atoms with van der Waals surface area (Å²) in [4.78, 5) is 21.9. The summed E-state index contributed by atoms with van der Waals surface area (Å²) in [5, 5.41) is 12.8. The number of thioether (sulfide) groups is 1. The van der Waals surface area contributed by atoms with Crippen LogP contribution in [-0.2, 0) is 9.59 Å². The van der Waals surface area contributed by atoms with E-state index in [4.69, 9.17) is 5.11 Å².